The van der Waals surface area contributed by atoms with Gasteiger partial charge in [-0.25, -0.2) is 17.5 Å². The molecule has 1 aliphatic heterocycles. The number of hydrogen-bond acceptors (Lipinski definition) is 3. The molecule has 21 heavy (non-hydrogen) atoms. The molecule has 116 valence electrons. The Kier molecular flexibility index (Phi) is 5.00. The summed E-state index contributed by atoms with van der Waals surface area (Å²) in [4.78, 5) is 13.8. The third-order valence-electron chi connectivity index (χ3n) is 3.32. The van der Waals surface area contributed by atoms with Crippen LogP contribution in [-0.4, -0.2) is 44.6 Å². The number of nitrogens with one attached hydrogen (secondary N) is 1. The molecule has 0 saturated carbocycles. The van der Waals surface area contributed by atoms with Gasteiger partial charge in [0.15, 0.2) is 0 Å². The van der Waals surface area contributed by atoms with Crippen LogP contribution in [0.5, 0.6) is 0 Å². The normalized spacial score (nSPS) is 17.0. The minimum absolute atomic E-state index is 0.0349. The maximum Gasteiger partial charge on any atom is 0.256 e. The minimum atomic E-state index is -3.24. The lowest BCUT2D eigenvalue weighted by Crippen LogP contribution is -2.46. The zero-order valence-electron chi connectivity index (χ0n) is 11.5. The lowest BCUT2D eigenvalue weighted by molar-refractivity contribution is 0.0706. The van der Waals surface area contributed by atoms with Gasteiger partial charge in [-0.05, 0) is 31.0 Å². The number of halogens is 2. The van der Waals surface area contributed by atoms with Gasteiger partial charge in [0, 0.05) is 23.6 Å². The van der Waals surface area contributed by atoms with E-state index in [0.717, 1.165) is 6.26 Å². The van der Waals surface area contributed by atoms with Gasteiger partial charge in [0.1, 0.15) is 5.82 Å². The number of benzene rings is 1. The van der Waals surface area contributed by atoms with Gasteiger partial charge in [-0.15, -0.1) is 0 Å². The average molecular weight is 379 g/mol. The summed E-state index contributed by atoms with van der Waals surface area (Å²) < 4.78 is 39.2. The largest absolute Gasteiger partial charge is 0.338 e. The van der Waals surface area contributed by atoms with Crippen molar-refractivity contribution in [3.05, 3.63) is 34.1 Å². The molecule has 1 aliphatic rings. The molecule has 1 aromatic rings. The van der Waals surface area contributed by atoms with Crippen LogP contribution in [0, 0.1) is 5.82 Å². The van der Waals surface area contributed by atoms with E-state index in [4.69, 9.17) is 0 Å². The van der Waals surface area contributed by atoms with Crippen LogP contribution >= 0.6 is 15.9 Å². The minimum Gasteiger partial charge on any atom is -0.338 e. The van der Waals surface area contributed by atoms with Crippen molar-refractivity contribution in [1.82, 2.24) is 9.62 Å². The fourth-order valence-corrected chi connectivity index (χ4v) is 3.51. The molecule has 5 nitrogen and oxygen atoms in total. The Morgan fingerprint density at radius 2 is 2.00 bits per heavy atom. The Hall–Kier alpha value is -0.990. The lowest BCUT2D eigenvalue weighted by Gasteiger charge is -2.32. The van der Waals surface area contributed by atoms with Gasteiger partial charge in [0.05, 0.1) is 11.8 Å². The molecule has 0 unspecified atom stereocenters. The van der Waals surface area contributed by atoms with Crippen molar-refractivity contribution >= 4 is 31.9 Å². The summed E-state index contributed by atoms with van der Waals surface area (Å²) in [5.74, 6) is -0.927. The highest BCUT2D eigenvalue weighted by Gasteiger charge is 2.26. The van der Waals surface area contributed by atoms with E-state index in [9.17, 15) is 17.6 Å². The molecule has 1 heterocycles. The van der Waals surface area contributed by atoms with E-state index >= 15 is 0 Å². The van der Waals surface area contributed by atoms with Crippen LogP contribution in [0.15, 0.2) is 22.7 Å². The topological polar surface area (TPSA) is 66.5 Å². The Labute approximate surface area is 131 Å². The first-order valence-corrected chi connectivity index (χ1v) is 9.16. The van der Waals surface area contributed by atoms with Gasteiger partial charge < -0.3 is 4.90 Å². The van der Waals surface area contributed by atoms with E-state index in [0.29, 0.717) is 30.4 Å². The summed E-state index contributed by atoms with van der Waals surface area (Å²) in [7, 11) is -3.24. The van der Waals surface area contributed by atoms with Crippen LogP contribution in [0.4, 0.5) is 4.39 Å². The van der Waals surface area contributed by atoms with Gasteiger partial charge in [-0.1, -0.05) is 15.9 Å². The molecular formula is C13H16BrFN2O3S. The molecule has 2 rings (SSSR count). The molecule has 1 aromatic carbocycles. The van der Waals surface area contributed by atoms with Crippen molar-refractivity contribution in [2.45, 2.75) is 18.9 Å². The van der Waals surface area contributed by atoms with Crippen LogP contribution in [0.1, 0.15) is 23.2 Å². The highest BCUT2D eigenvalue weighted by Crippen LogP contribution is 2.19. The smallest absolute Gasteiger partial charge is 0.256 e. The number of carbonyl (C=O) groups is 1. The molecule has 1 amide bonds. The zero-order chi connectivity index (χ0) is 15.6. The molecule has 1 fully saturated rings. The Bertz CT molecular complexity index is 643. The molecular weight excluding hydrogens is 363 g/mol. The van der Waals surface area contributed by atoms with Crippen molar-refractivity contribution < 1.29 is 17.6 Å². The first-order chi connectivity index (χ1) is 9.76. The molecule has 0 aromatic heterocycles. The number of amides is 1. The van der Waals surface area contributed by atoms with Gasteiger partial charge in [0.25, 0.3) is 5.91 Å². The highest BCUT2D eigenvalue weighted by atomic mass is 79.9. The van der Waals surface area contributed by atoms with Gasteiger partial charge >= 0.3 is 0 Å². The average Bonchev–Trinajstić information content (AvgIpc) is 2.37. The maximum absolute atomic E-state index is 13.8. The lowest BCUT2D eigenvalue weighted by atomic mass is 10.0. The van der Waals surface area contributed by atoms with Crippen molar-refractivity contribution in [2.24, 2.45) is 0 Å². The van der Waals surface area contributed by atoms with Crippen LogP contribution in [0.2, 0.25) is 0 Å². The first kappa shape index (κ1) is 16.4. The third-order valence-corrected chi connectivity index (χ3v) is 4.58. The molecule has 0 bridgehead atoms. The molecule has 1 N–H and O–H groups in total. The fraction of sp³-hybridized carbons (Fsp3) is 0.462. The van der Waals surface area contributed by atoms with Gasteiger partial charge in [-0.3, -0.25) is 4.79 Å². The Balaban J connectivity index is 2.00. The number of hydrogen-bond donors (Lipinski definition) is 1. The standard InChI is InChI=1S/C13H16BrFN2O3S/c1-21(19,20)16-10-4-6-17(7-5-10)13(18)11-3-2-9(14)8-12(11)15/h2-3,8,10,16H,4-7H2,1H3. The van der Waals surface area contributed by atoms with Crippen LogP contribution in [0.25, 0.3) is 0 Å². The first-order valence-electron chi connectivity index (χ1n) is 6.48. The van der Waals surface area contributed by atoms with Crippen molar-refractivity contribution in [3.63, 3.8) is 0 Å². The monoisotopic (exact) mass is 378 g/mol. The Morgan fingerprint density at radius 1 is 1.38 bits per heavy atom. The van der Waals surface area contributed by atoms with E-state index in [1.807, 2.05) is 0 Å². The zero-order valence-corrected chi connectivity index (χ0v) is 13.9. The predicted octanol–water partition coefficient (Wildman–Crippen LogP) is 1.74. The second kappa shape index (κ2) is 6.41. The summed E-state index contributed by atoms with van der Waals surface area (Å²) in [6.45, 7) is 0.809. The second-order valence-corrected chi connectivity index (χ2v) is 7.78. The molecule has 0 atom stereocenters. The van der Waals surface area contributed by atoms with E-state index < -0.39 is 15.8 Å². The Morgan fingerprint density at radius 3 is 2.52 bits per heavy atom. The fourth-order valence-electron chi connectivity index (χ4n) is 2.34. The van der Waals surface area contributed by atoms with E-state index in [1.54, 1.807) is 11.0 Å². The maximum atomic E-state index is 13.8. The van der Waals surface area contributed by atoms with Crippen molar-refractivity contribution in [3.8, 4) is 0 Å². The van der Waals surface area contributed by atoms with E-state index in [1.165, 1.54) is 12.1 Å². The number of likely N-dealkylation sites (tertiary alicyclic amines) is 1. The molecule has 8 heteroatoms. The number of nitrogens with zero attached hydrogens (tertiary/aromatic N) is 1. The summed E-state index contributed by atoms with van der Waals surface area (Å²) in [6, 6.07) is 4.15. The highest BCUT2D eigenvalue weighted by molar-refractivity contribution is 9.10. The molecule has 0 radical (unpaired) electrons. The predicted molar refractivity (Wildman–Crippen MR) is 81.0 cm³/mol. The number of rotatable bonds is 3. The second-order valence-electron chi connectivity index (χ2n) is 5.08. The SMILES string of the molecule is CS(=O)(=O)NC1CCN(C(=O)c2ccc(Br)cc2F)CC1. The molecule has 0 aliphatic carbocycles. The van der Waals surface area contributed by atoms with Crippen LogP contribution in [-0.2, 0) is 10.0 Å². The van der Waals surface area contributed by atoms with Crippen LogP contribution in [0.3, 0.4) is 0 Å². The molecule has 1 saturated heterocycles. The summed E-state index contributed by atoms with van der Waals surface area (Å²) in [5, 5.41) is 0. The van der Waals surface area contributed by atoms with Gasteiger partial charge in [0.2, 0.25) is 10.0 Å². The number of carbonyl (C=O) groups excluding carboxylic acids is 1. The molecule has 0 spiro atoms. The summed E-state index contributed by atoms with van der Waals surface area (Å²) >= 11 is 3.15. The number of piperidine rings is 1. The quantitative estimate of drug-likeness (QED) is 0.870. The van der Waals surface area contributed by atoms with Crippen molar-refractivity contribution in [1.29, 1.82) is 0 Å². The van der Waals surface area contributed by atoms with Gasteiger partial charge in [-0.2, -0.15) is 0 Å². The van der Waals surface area contributed by atoms with Crippen LogP contribution < -0.4 is 4.72 Å². The van der Waals surface area contributed by atoms with E-state index in [-0.39, 0.29) is 17.5 Å². The van der Waals surface area contributed by atoms with Crippen molar-refractivity contribution in [2.75, 3.05) is 19.3 Å². The summed E-state index contributed by atoms with van der Waals surface area (Å²) in [6.07, 6.45) is 2.16. The third kappa shape index (κ3) is 4.49. The summed E-state index contributed by atoms with van der Waals surface area (Å²) in [5.41, 5.74) is 0.0349. The number of sulfonamides is 1. The van der Waals surface area contributed by atoms with E-state index in [2.05, 4.69) is 20.7 Å².